The van der Waals surface area contributed by atoms with Crippen molar-refractivity contribution in [3.8, 4) is 5.75 Å². The molecule has 2 aromatic rings. The largest absolute Gasteiger partial charge is 0.495 e. The molecular formula is C18H19ClN2O4. The van der Waals surface area contributed by atoms with E-state index in [1.807, 2.05) is 18.2 Å². The Bertz CT molecular complexity index is 737. The summed E-state index contributed by atoms with van der Waals surface area (Å²) in [5.74, 6) is -1.25. The fourth-order valence-corrected chi connectivity index (χ4v) is 2.37. The van der Waals surface area contributed by atoms with Gasteiger partial charge in [0.25, 0.3) is 0 Å². The molecule has 0 saturated carbocycles. The van der Waals surface area contributed by atoms with E-state index in [-0.39, 0.29) is 6.54 Å². The Kier molecular flexibility index (Phi) is 6.80. The van der Waals surface area contributed by atoms with E-state index in [0.29, 0.717) is 22.9 Å². The van der Waals surface area contributed by atoms with Crippen LogP contribution in [0.2, 0.25) is 5.02 Å². The minimum Gasteiger partial charge on any atom is -0.495 e. The van der Waals surface area contributed by atoms with Crippen LogP contribution in [-0.2, 0) is 9.59 Å². The molecule has 25 heavy (non-hydrogen) atoms. The maximum Gasteiger partial charge on any atom is 0.313 e. The summed E-state index contributed by atoms with van der Waals surface area (Å²) in [7, 11) is 1.45. The number of halogens is 1. The van der Waals surface area contributed by atoms with Crippen molar-refractivity contribution >= 4 is 29.1 Å². The van der Waals surface area contributed by atoms with Gasteiger partial charge in [0, 0.05) is 11.6 Å². The van der Waals surface area contributed by atoms with Crippen molar-refractivity contribution in [3.63, 3.8) is 0 Å². The van der Waals surface area contributed by atoms with Gasteiger partial charge in [0.1, 0.15) is 5.75 Å². The van der Waals surface area contributed by atoms with Crippen molar-refractivity contribution in [2.24, 2.45) is 0 Å². The third-order valence-electron chi connectivity index (χ3n) is 3.50. The van der Waals surface area contributed by atoms with Crippen molar-refractivity contribution < 1.29 is 19.4 Å². The second-order valence-corrected chi connectivity index (χ2v) is 5.71. The number of amides is 2. The summed E-state index contributed by atoms with van der Waals surface area (Å²) in [5.41, 5.74) is 1.06. The maximum absolute atomic E-state index is 12.0. The molecule has 2 rings (SSSR count). The van der Waals surface area contributed by atoms with Gasteiger partial charge in [-0.2, -0.15) is 0 Å². The summed E-state index contributed by atoms with van der Waals surface area (Å²) in [6.07, 6.45) is -0.415. The van der Waals surface area contributed by atoms with Crippen LogP contribution < -0.4 is 15.4 Å². The van der Waals surface area contributed by atoms with Gasteiger partial charge >= 0.3 is 11.8 Å². The van der Waals surface area contributed by atoms with Gasteiger partial charge in [-0.3, -0.25) is 9.59 Å². The lowest BCUT2D eigenvalue weighted by molar-refractivity contribution is -0.136. The number of methoxy groups -OCH3 is 1. The van der Waals surface area contributed by atoms with Crippen LogP contribution in [0.15, 0.2) is 48.5 Å². The highest BCUT2D eigenvalue weighted by atomic mass is 35.5. The quantitative estimate of drug-likeness (QED) is 0.689. The molecule has 0 heterocycles. The lowest BCUT2D eigenvalue weighted by Crippen LogP contribution is -2.36. The maximum atomic E-state index is 12.0. The molecule has 0 radical (unpaired) electrons. The summed E-state index contributed by atoms with van der Waals surface area (Å²) in [5, 5.41) is 15.3. The Morgan fingerprint density at radius 2 is 1.88 bits per heavy atom. The number of hydrogen-bond acceptors (Lipinski definition) is 4. The van der Waals surface area contributed by atoms with E-state index in [4.69, 9.17) is 16.3 Å². The minimum absolute atomic E-state index is 0.162. The molecule has 0 saturated heterocycles. The molecule has 2 aromatic carbocycles. The molecule has 0 unspecified atom stereocenters. The van der Waals surface area contributed by atoms with Crippen molar-refractivity contribution in [2.75, 3.05) is 19.0 Å². The van der Waals surface area contributed by atoms with E-state index in [1.165, 1.54) is 13.2 Å². The molecule has 6 nitrogen and oxygen atoms in total. The average molecular weight is 363 g/mol. The number of aliphatic hydroxyl groups is 1. The first-order valence-electron chi connectivity index (χ1n) is 7.67. The van der Waals surface area contributed by atoms with Crippen LogP contribution in [0.5, 0.6) is 5.75 Å². The highest BCUT2D eigenvalue weighted by molar-refractivity contribution is 6.40. The normalized spacial score (nSPS) is 11.5. The molecule has 0 aliphatic carbocycles. The topological polar surface area (TPSA) is 87.7 Å². The number of carbonyl (C=O) groups excluding carboxylic acids is 2. The van der Waals surface area contributed by atoms with Crippen LogP contribution in [-0.4, -0.2) is 30.6 Å². The number of rotatable bonds is 6. The zero-order chi connectivity index (χ0) is 18.2. The number of hydrogen-bond donors (Lipinski definition) is 3. The summed E-state index contributed by atoms with van der Waals surface area (Å²) in [4.78, 5) is 23.8. The zero-order valence-corrected chi connectivity index (χ0v) is 14.4. The number of carbonyl (C=O) groups is 2. The van der Waals surface area contributed by atoms with Gasteiger partial charge in [-0.25, -0.2) is 0 Å². The highest BCUT2D eigenvalue weighted by Crippen LogP contribution is 2.27. The van der Waals surface area contributed by atoms with E-state index in [1.54, 1.807) is 24.3 Å². The van der Waals surface area contributed by atoms with Gasteiger partial charge in [0.15, 0.2) is 0 Å². The average Bonchev–Trinajstić information content (AvgIpc) is 2.62. The van der Waals surface area contributed by atoms with Crippen molar-refractivity contribution in [1.29, 1.82) is 0 Å². The lowest BCUT2D eigenvalue weighted by Gasteiger charge is -2.12. The Balaban J connectivity index is 1.85. The van der Waals surface area contributed by atoms with Gasteiger partial charge < -0.3 is 20.5 Å². The van der Waals surface area contributed by atoms with Crippen LogP contribution >= 0.6 is 11.6 Å². The molecule has 2 amide bonds. The third-order valence-corrected chi connectivity index (χ3v) is 3.74. The molecule has 0 aromatic heterocycles. The number of benzene rings is 2. The van der Waals surface area contributed by atoms with Crippen molar-refractivity contribution in [3.05, 3.63) is 59.1 Å². The van der Waals surface area contributed by atoms with Crippen LogP contribution in [0.25, 0.3) is 0 Å². The highest BCUT2D eigenvalue weighted by Gasteiger charge is 2.16. The second kappa shape index (κ2) is 9.05. The lowest BCUT2D eigenvalue weighted by atomic mass is 10.1. The summed E-state index contributed by atoms with van der Waals surface area (Å²) < 4.78 is 5.10. The SMILES string of the molecule is COc1ccc(Cl)cc1NC(=O)C(=O)NCC[C@@H](O)c1ccccc1. The Morgan fingerprint density at radius 1 is 1.16 bits per heavy atom. The predicted molar refractivity (Wildman–Crippen MR) is 95.7 cm³/mol. The summed E-state index contributed by atoms with van der Waals surface area (Å²) in [6.45, 7) is 0.162. The van der Waals surface area contributed by atoms with E-state index in [0.717, 1.165) is 5.56 Å². The zero-order valence-electron chi connectivity index (χ0n) is 13.7. The number of aliphatic hydroxyl groups excluding tert-OH is 1. The first-order chi connectivity index (χ1) is 12.0. The minimum atomic E-state index is -0.838. The molecule has 0 aliphatic rings. The van der Waals surface area contributed by atoms with E-state index in [2.05, 4.69) is 10.6 Å². The standard InChI is InChI=1S/C18H19ClN2O4/c1-25-16-8-7-13(19)11-14(16)21-18(24)17(23)20-10-9-15(22)12-5-3-2-4-6-12/h2-8,11,15,22H,9-10H2,1H3,(H,20,23)(H,21,24)/t15-/m1/s1. The molecule has 0 aliphatic heterocycles. The van der Waals surface area contributed by atoms with Gasteiger partial charge in [0.2, 0.25) is 0 Å². The van der Waals surface area contributed by atoms with E-state index in [9.17, 15) is 14.7 Å². The van der Waals surface area contributed by atoms with Crippen LogP contribution in [0.4, 0.5) is 5.69 Å². The first kappa shape index (κ1) is 18.8. The van der Waals surface area contributed by atoms with Gasteiger partial charge in [-0.05, 0) is 30.2 Å². The van der Waals surface area contributed by atoms with Crippen molar-refractivity contribution in [2.45, 2.75) is 12.5 Å². The Morgan fingerprint density at radius 3 is 2.56 bits per heavy atom. The van der Waals surface area contributed by atoms with Crippen molar-refractivity contribution in [1.82, 2.24) is 5.32 Å². The fraction of sp³-hybridized carbons (Fsp3) is 0.222. The number of ether oxygens (including phenoxy) is 1. The predicted octanol–water partition coefficient (Wildman–Crippen LogP) is 2.53. The molecule has 0 bridgehead atoms. The van der Waals surface area contributed by atoms with E-state index < -0.39 is 17.9 Å². The van der Waals surface area contributed by atoms with E-state index >= 15 is 0 Å². The molecule has 1 atom stereocenters. The van der Waals surface area contributed by atoms with Crippen LogP contribution in [0, 0.1) is 0 Å². The van der Waals surface area contributed by atoms with Gasteiger partial charge in [-0.1, -0.05) is 41.9 Å². The first-order valence-corrected chi connectivity index (χ1v) is 8.04. The smallest absolute Gasteiger partial charge is 0.313 e. The van der Waals surface area contributed by atoms with Gasteiger partial charge in [-0.15, -0.1) is 0 Å². The van der Waals surface area contributed by atoms with Gasteiger partial charge in [0.05, 0.1) is 18.9 Å². The Hall–Kier alpha value is -2.57. The molecule has 132 valence electrons. The summed E-state index contributed by atoms with van der Waals surface area (Å²) in [6, 6.07) is 13.8. The monoisotopic (exact) mass is 362 g/mol. The summed E-state index contributed by atoms with van der Waals surface area (Å²) >= 11 is 5.88. The molecular weight excluding hydrogens is 344 g/mol. The Labute approximate surface area is 150 Å². The van der Waals surface area contributed by atoms with Crippen LogP contribution in [0.3, 0.4) is 0 Å². The van der Waals surface area contributed by atoms with Crippen LogP contribution in [0.1, 0.15) is 18.1 Å². The second-order valence-electron chi connectivity index (χ2n) is 5.27. The number of anilines is 1. The molecule has 0 spiro atoms. The fourth-order valence-electron chi connectivity index (χ4n) is 2.20. The molecule has 7 heteroatoms. The third kappa shape index (κ3) is 5.48. The molecule has 3 N–H and O–H groups in total. The number of nitrogens with one attached hydrogen (secondary N) is 2. The molecule has 0 fully saturated rings.